The highest BCUT2D eigenvalue weighted by Gasteiger charge is 2.57. The molecule has 0 aromatic heterocycles. The van der Waals surface area contributed by atoms with Crippen molar-refractivity contribution in [1.29, 1.82) is 5.26 Å². The van der Waals surface area contributed by atoms with Gasteiger partial charge in [-0.25, -0.2) is 8.42 Å². The van der Waals surface area contributed by atoms with Crippen LogP contribution in [0.1, 0.15) is 39.0 Å². The summed E-state index contributed by atoms with van der Waals surface area (Å²) in [5.74, 6) is 0.164. The molecule has 0 amide bonds. The molecule has 1 heterocycles. The van der Waals surface area contributed by atoms with E-state index in [0.717, 1.165) is 12.8 Å². The molecule has 0 aromatic rings. The van der Waals surface area contributed by atoms with Gasteiger partial charge in [-0.05, 0) is 25.2 Å². The molecule has 0 radical (unpaired) electrons. The highest BCUT2D eigenvalue weighted by molar-refractivity contribution is 7.91. The molecular formula is C12H19NO3S. The molecule has 1 aliphatic carbocycles. The predicted molar refractivity (Wildman–Crippen MR) is 63.9 cm³/mol. The molecule has 2 fully saturated rings. The number of hydrogen-bond donors (Lipinski definition) is 1. The maximum Gasteiger partial charge on any atom is 0.153 e. The van der Waals surface area contributed by atoms with Crippen molar-refractivity contribution in [3.05, 3.63) is 0 Å². The highest BCUT2D eigenvalue weighted by Crippen LogP contribution is 2.50. The minimum atomic E-state index is -3.17. The van der Waals surface area contributed by atoms with Gasteiger partial charge in [-0.1, -0.05) is 19.8 Å². The van der Waals surface area contributed by atoms with Crippen molar-refractivity contribution < 1.29 is 13.5 Å². The molecule has 5 heteroatoms. The van der Waals surface area contributed by atoms with Crippen LogP contribution in [0.3, 0.4) is 0 Å². The van der Waals surface area contributed by atoms with E-state index in [1.807, 2.05) is 0 Å². The molecule has 17 heavy (non-hydrogen) atoms. The Labute approximate surface area is 103 Å². The van der Waals surface area contributed by atoms with Gasteiger partial charge in [-0.15, -0.1) is 0 Å². The number of nitriles is 1. The van der Waals surface area contributed by atoms with Gasteiger partial charge in [0, 0.05) is 0 Å². The zero-order valence-electron chi connectivity index (χ0n) is 10.1. The molecule has 1 saturated heterocycles. The van der Waals surface area contributed by atoms with Crippen molar-refractivity contribution in [2.24, 2.45) is 11.3 Å². The minimum absolute atomic E-state index is 0.0152. The maximum absolute atomic E-state index is 11.6. The standard InChI is InChI=1S/C12H19NO3S/c1-10-3-2-4-11(7-10,8-13)12(14)5-6-17(15,16)9-12/h10,14H,2-7,9H2,1H3. The second-order valence-corrected chi connectivity index (χ2v) is 7.95. The van der Waals surface area contributed by atoms with E-state index in [-0.39, 0.29) is 17.9 Å². The Balaban J connectivity index is 2.33. The first-order chi connectivity index (χ1) is 7.83. The lowest BCUT2D eigenvalue weighted by Crippen LogP contribution is -2.50. The van der Waals surface area contributed by atoms with E-state index in [0.29, 0.717) is 18.8 Å². The molecule has 2 rings (SSSR count). The maximum atomic E-state index is 11.6. The molecule has 0 aromatic carbocycles. The van der Waals surface area contributed by atoms with E-state index in [2.05, 4.69) is 13.0 Å². The SMILES string of the molecule is CC1CCCC(C#N)(C2(O)CCS(=O)(=O)C2)C1. The number of sulfone groups is 1. The first kappa shape index (κ1) is 12.8. The summed E-state index contributed by atoms with van der Waals surface area (Å²) in [4.78, 5) is 0. The molecule has 1 aliphatic heterocycles. The van der Waals surface area contributed by atoms with Crippen LogP contribution >= 0.6 is 0 Å². The normalized spacial score (nSPS) is 45.4. The molecule has 0 bridgehead atoms. The van der Waals surface area contributed by atoms with Crippen LogP contribution in [-0.4, -0.2) is 30.6 Å². The van der Waals surface area contributed by atoms with Crippen LogP contribution in [0.5, 0.6) is 0 Å². The molecular weight excluding hydrogens is 238 g/mol. The van der Waals surface area contributed by atoms with E-state index in [9.17, 15) is 18.8 Å². The zero-order valence-corrected chi connectivity index (χ0v) is 11.0. The smallest absolute Gasteiger partial charge is 0.153 e. The minimum Gasteiger partial charge on any atom is -0.387 e. The van der Waals surface area contributed by atoms with Crippen LogP contribution in [0.25, 0.3) is 0 Å². The Morgan fingerprint density at radius 2 is 2.12 bits per heavy atom. The first-order valence-corrected chi connectivity index (χ1v) is 7.99. The third-order valence-corrected chi connectivity index (χ3v) is 6.13. The van der Waals surface area contributed by atoms with Gasteiger partial charge in [0.15, 0.2) is 9.84 Å². The van der Waals surface area contributed by atoms with Crippen molar-refractivity contribution in [3.63, 3.8) is 0 Å². The Morgan fingerprint density at radius 1 is 1.41 bits per heavy atom. The summed E-state index contributed by atoms with van der Waals surface area (Å²) in [6.45, 7) is 2.07. The average molecular weight is 257 g/mol. The summed E-state index contributed by atoms with van der Waals surface area (Å²) < 4.78 is 23.1. The van der Waals surface area contributed by atoms with Crippen LogP contribution in [0.4, 0.5) is 0 Å². The van der Waals surface area contributed by atoms with E-state index in [1.54, 1.807) is 0 Å². The fraction of sp³-hybridized carbons (Fsp3) is 0.917. The van der Waals surface area contributed by atoms with Crippen LogP contribution < -0.4 is 0 Å². The summed E-state index contributed by atoms with van der Waals surface area (Å²) in [7, 11) is -3.17. The quantitative estimate of drug-likeness (QED) is 0.767. The van der Waals surface area contributed by atoms with Crippen LogP contribution in [-0.2, 0) is 9.84 Å². The van der Waals surface area contributed by atoms with Crippen LogP contribution in [0.15, 0.2) is 0 Å². The van der Waals surface area contributed by atoms with E-state index in [4.69, 9.17) is 0 Å². The molecule has 96 valence electrons. The molecule has 3 atom stereocenters. The number of nitrogens with zero attached hydrogens (tertiary/aromatic N) is 1. The van der Waals surface area contributed by atoms with Gasteiger partial charge < -0.3 is 5.11 Å². The monoisotopic (exact) mass is 257 g/mol. The molecule has 4 nitrogen and oxygen atoms in total. The van der Waals surface area contributed by atoms with Gasteiger partial charge in [0.05, 0.1) is 28.6 Å². The van der Waals surface area contributed by atoms with E-state index < -0.39 is 20.9 Å². The van der Waals surface area contributed by atoms with Crippen molar-refractivity contribution in [3.8, 4) is 6.07 Å². The van der Waals surface area contributed by atoms with Crippen molar-refractivity contribution in [2.75, 3.05) is 11.5 Å². The molecule has 1 N–H and O–H groups in total. The third-order valence-electron chi connectivity index (χ3n) is 4.39. The van der Waals surface area contributed by atoms with Gasteiger partial charge in [0.2, 0.25) is 0 Å². The number of aliphatic hydroxyl groups is 1. The Hall–Kier alpha value is -0.600. The number of rotatable bonds is 1. The fourth-order valence-electron chi connectivity index (χ4n) is 3.39. The van der Waals surface area contributed by atoms with Crippen LogP contribution in [0, 0.1) is 22.7 Å². The Morgan fingerprint density at radius 3 is 2.59 bits per heavy atom. The van der Waals surface area contributed by atoms with Gasteiger partial charge in [0.25, 0.3) is 0 Å². The van der Waals surface area contributed by atoms with Gasteiger partial charge >= 0.3 is 0 Å². The first-order valence-electron chi connectivity index (χ1n) is 6.17. The fourth-order valence-corrected chi connectivity index (χ4v) is 5.33. The molecule has 3 unspecified atom stereocenters. The van der Waals surface area contributed by atoms with Crippen LogP contribution in [0.2, 0.25) is 0 Å². The summed E-state index contributed by atoms with van der Waals surface area (Å²) in [5.41, 5.74) is -2.18. The Bertz CT molecular complexity index is 453. The lowest BCUT2D eigenvalue weighted by atomic mass is 9.61. The summed E-state index contributed by atoms with van der Waals surface area (Å²) in [6.07, 6.45) is 3.42. The predicted octanol–water partition coefficient (Wildman–Crippen LogP) is 1.26. The van der Waals surface area contributed by atoms with E-state index in [1.165, 1.54) is 0 Å². The molecule has 2 aliphatic rings. The van der Waals surface area contributed by atoms with Crippen molar-refractivity contribution in [1.82, 2.24) is 0 Å². The topological polar surface area (TPSA) is 78.2 Å². The van der Waals surface area contributed by atoms with Crippen molar-refractivity contribution in [2.45, 2.75) is 44.6 Å². The average Bonchev–Trinajstić information content (AvgIpc) is 2.54. The second-order valence-electron chi connectivity index (χ2n) is 5.77. The number of hydrogen-bond acceptors (Lipinski definition) is 4. The third kappa shape index (κ3) is 2.09. The lowest BCUT2D eigenvalue weighted by Gasteiger charge is -2.44. The van der Waals surface area contributed by atoms with Crippen molar-refractivity contribution >= 4 is 9.84 Å². The lowest BCUT2D eigenvalue weighted by molar-refractivity contribution is -0.0598. The molecule has 1 saturated carbocycles. The largest absolute Gasteiger partial charge is 0.387 e. The van der Waals surface area contributed by atoms with E-state index >= 15 is 0 Å². The zero-order chi connectivity index (χ0) is 12.7. The van der Waals surface area contributed by atoms with Gasteiger partial charge in [-0.3, -0.25) is 0 Å². The summed E-state index contributed by atoms with van der Waals surface area (Å²) in [5, 5.41) is 20.1. The molecule has 0 spiro atoms. The second kappa shape index (κ2) is 3.96. The summed E-state index contributed by atoms with van der Waals surface area (Å²) in [6, 6.07) is 2.25. The highest BCUT2D eigenvalue weighted by atomic mass is 32.2. The van der Waals surface area contributed by atoms with Gasteiger partial charge in [-0.2, -0.15) is 5.26 Å². The summed E-state index contributed by atoms with van der Waals surface area (Å²) >= 11 is 0. The van der Waals surface area contributed by atoms with Gasteiger partial charge in [0.1, 0.15) is 0 Å². The Kier molecular flexibility index (Phi) is 2.99.